The second-order valence-corrected chi connectivity index (χ2v) is 5.54. The monoisotopic (exact) mass is 271 g/mol. The zero-order chi connectivity index (χ0) is 14.4. The molecule has 1 aromatic heterocycles. The van der Waals surface area contributed by atoms with E-state index in [1.807, 2.05) is 17.9 Å². The van der Waals surface area contributed by atoms with Gasteiger partial charge < -0.3 is 5.32 Å². The van der Waals surface area contributed by atoms with Crippen LogP contribution in [0, 0.1) is 6.92 Å². The minimum atomic E-state index is 0.506. The number of aromatic nitrogens is 2. The van der Waals surface area contributed by atoms with E-state index in [0.29, 0.717) is 5.92 Å². The SMILES string of the molecule is CCCNCC(Cc1cnn(C)c1)c1ccc(C)cc1. The van der Waals surface area contributed by atoms with Crippen LogP contribution in [0.4, 0.5) is 0 Å². The van der Waals surface area contributed by atoms with E-state index in [1.54, 1.807) is 0 Å². The molecule has 0 aliphatic rings. The van der Waals surface area contributed by atoms with Crippen molar-refractivity contribution in [2.45, 2.75) is 32.6 Å². The third-order valence-electron chi connectivity index (χ3n) is 3.61. The molecule has 0 bridgehead atoms. The highest BCUT2D eigenvalue weighted by Crippen LogP contribution is 2.20. The number of nitrogens with zero attached hydrogens (tertiary/aromatic N) is 2. The van der Waals surface area contributed by atoms with Crippen molar-refractivity contribution in [3.63, 3.8) is 0 Å². The van der Waals surface area contributed by atoms with Crippen molar-refractivity contribution in [2.24, 2.45) is 7.05 Å². The third kappa shape index (κ3) is 4.20. The van der Waals surface area contributed by atoms with Gasteiger partial charge in [0.25, 0.3) is 0 Å². The molecule has 20 heavy (non-hydrogen) atoms. The first-order valence-electron chi connectivity index (χ1n) is 7.44. The van der Waals surface area contributed by atoms with Crippen molar-refractivity contribution in [1.29, 1.82) is 0 Å². The first kappa shape index (κ1) is 14.8. The largest absolute Gasteiger partial charge is 0.316 e. The molecule has 0 radical (unpaired) electrons. The smallest absolute Gasteiger partial charge is 0.0521 e. The Morgan fingerprint density at radius 2 is 2.00 bits per heavy atom. The zero-order valence-electron chi connectivity index (χ0n) is 12.8. The predicted octanol–water partition coefficient (Wildman–Crippen LogP) is 3.05. The zero-order valence-corrected chi connectivity index (χ0v) is 12.8. The van der Waals surface area contributed by atoms with Crippen LogP contribution in [-0.2, 0) is 13.5 Å². The van der Waals surface area contributed by atoms with Crippen LogP contribution in [-0.4, -0.2) is 22.9 Å². The molecule has 108 valence electrons. The fraction of sp³-hybridized carbons (Fsp3) is 0.471. The van der Waals surface area contributed by atoms with Gasteiger partial charge in [-0.15, -0.1) is 0 Å². The molecule has 1 N–H and O–H groups in total. The van der Waals surface area contributed by atoms with Crippen LogP contribution >= 0.6 is 0 Å². The topological polar surface area (TPSA) is 29.9 Å². The summed E-state index contributed by atoms with van der Waals surface area (Å²) in [5, 5.41) is 7.82. The lowest BCUT2D eigenvalue weighted by Gasteiger charge is -2.17. The van der Waals surface area contributed by atoms with Crippen molar-refractivity contribution in [3.8, 4) is 0 Å². The summed E-state index contributed by atoms with van der Waals surface area (Å²) in [6, 6.07) is 8.91. The Bertz CT molecular complexity index is 513. The van der Waals surface area contributed by atoms with Gasteiger partial charge in [-0.1, -0.05) is 36.8 Å². The quantitative estimate of drug-likeness (QED) is 0.784. The molecular weight excluding hydrogens is 246 g/mol. The molecule has 1 unspecified atom stereocenters. The highest BCUT2D eigenvalue weighted by atomic mass is 15.2. The second kappa shape index (κ2) is 7.25. The summed E-state index contributed by atoms with van der Waals surface area (Å²) < 4.78 is 1.88. The van der Waals surface area contributed by atoms with Gasteiger partial charge in [-0.3, -0.25) is 4.68 Å². The first-order chi connectivity index (χ1) is 9.69. The molecule has 0 saturated carbocycles. The van der Waals surface area contributed by atoms with E-state index in [0.717, 1.165) is 19.5 Å². The Balaban J connectivity index is 2.09. The fourth-order valence-corrected chi connectivity index (χ4v) is 2.46. The Morgan fingerprint density at radius 3 is 2.60 bits per heavy atom. The maximum atomic E-state index is 4.27. The molecular formula is C17H25N3. The van der Waals surface area contributed by atoms with Crippen LogP contribution in [0.15, 0.2) is 36.7 Å². The van der Waals surface area contributed by atoms with Crippen molar-refractivity contribution in [3.05, 3.63) is 53.3 Å². The van der Waals surface area contributed by atoms with Crippen molar-refractivity contribution in [1.82, 2.24) is 15.1 Å². The van der Waals surface area contributed by atoms with E-state index in [1.165, 1.54) is 23.1 Å². The van der Waals surface area contributed by atoms with Crippen molar-refractivity contribution >= 4 is 0 Å². The minimum Gasteiger partial charge on any atom is -0.316 e. The summed E-state index contributed by atoms with van der Waals surface area (Å²) >= 11 is 0. The standard InChI is InChI=1S/C17H25N3/c1-4-9-18-12-17(10-15-11-19-20(3)13-15)16-7-5-14(2)6-8-16/h5-8,11,13,17-18H,4,9-10,12H2,1-3H3. The summed E-state index contributed by atoms with van der Waals surface area (Å²) in [6.07, 6.45) is 6.29. The predicted molar refractivity (Wildman–Crippen MR) is 84.0 cm³/mol. The van der Waals surface area contributed by atoms with E-state index in [4.69, 9.17) is 0 Å². The molecule has 0 aliphatic carbocycles. The molecule has 2 rings (SSSR count). The fourth-order valence-electron chi connectivity index (χ4n) is 2.46. The van der Waals surface area contributed by atoms with Gasteiger partial charge in [0.2, 0.25) is 0 Å². The van der Waals surface area contributed by atoms with Gasteiger partial charge in [-0.2, -0.15) is 5.10 Å². The van der Waals surface area contributed by atoms with E-state index < -0.39 is 0 Å². The van der Waals surface area contributed by atoms with Gasteiger partial charge in [-0.05, 0) is 37.4 Å². The van der Waals surface area contributed by atoms with E-state index >= 15 is 0 Å². The second-order valence-electron chi connectivity index (χ2n) is 5.54. The Labute approximate surface area is 122 Å². The number of hydrogen-bond donors (Lipinski definition) is 1. The number of hydrogen-bond acceptors (Lipinski definition) is 2. The van der Waals surface area contributed by atoms with E-state index in [9.17, 15) is 0 Å². The molecule has 0 spiro atoms. The van der Waals surface area contributed by atoms with Crippen molar-refractivity contribution < 1.29 is 0 Å². The number of aryl methyl sites for hydroxylation is 2. The summed E-state index contributed by atoms with van der Waals surface area (Å²) in [7, 11) is 1.97. The van der Waals surface area contributed by atoms with Gasteiger partial charge in [0, 0.05) is 25.7 Å². The van der Waals surface area contributed by atoms with E-state index in [2.05, 4.69) is 54.7 Å². The van der Waals surface area contributed by atoms with Gasteiger partial charge in [0.1, 0.15) is 0 Å². The van der Waals surface area contributed by atoms with Crippen LogP contribution in [0.1, 0.15) is 36.0 Å². The first-order valence-corrected chi connectivity index (χ1v) is 7.44. The molecule has 0 aliphatic heterocycles. The normalized spacial score (nSPS) is 12.6. The lowest BCUT2D eigenvalue weighted by Crippen LogP contribution is -2.23. The van der Waals surface area contributed by atoms with E-state index in [-0.39, 0.29) is 0 Å². The molecule has 1 aromatic carbocycles. The van der Waals surface area contributed by atoms with Gasteiger partial charge >= 0.3 is 0 Å². The van der Waals surface area contributed by atoms with Gasteiger partial charge in [-0.25, -0.2) is 0 Å². The van der Waals surface area contributed by atoms with Crippen LogP contribution in [0.3, 0.4) is 0 Å². The van der Waals surface area contributed by atoms with Gasteiger partial charge in [0.05, 0.1) is 6.20 Å². The number of benzene rings is 1. The number of rotatable bonds is 7. The number of nitrogens with one attached hydrogen (secondary N) is 1. The average molecular weight is 271 g/mol. The third-order valence-corrected chi connectivity index (χ3v) is 3.61. The van der Waals surface area contributed by atoms with Crippen molar-refractivity contribution in [2.75, 3.05) is 13.1 Å². The molecule has 1 heterocycles. The highest BCUT2D eigenvalue weighted by Gasteiger charge is 2.13. The summed E-state index contributed by atoms with van der Waals surface area (Å²) in [6.45, 7) is 6.44. The lowest BCUT2D eigenvalue weighted by atomic mass is 9.92. The summed E-state index contributed by atoms with van der Waals surface area (Å²) in [5.74, 6) is 0.506. The van der Waals surface area contributed by atoms with Crippen LogP contribution < -0.4 is 5.32 Å². The van der Waals surface area contributed by atoms with Crippen LogP contribution in [0.2, 0.25) is 0 Å². The molecule has 0 amide bonds. The Hall–Kier alpha value is -1.61. The minimum absolute atomic E-state index is 0.506. The molecule has 0 saturated heterocycles. The van der Waals surface area contributed by atoms with Gasteiger partial charge in [0.15, 0.2) is 0 Å². The molecule has 0 fully saturated rings. The summed E-state index contributed by atoms with van der Waals surface area (Å²) in [5.41, 5.74) is 4.02. The molecule has 3 heteroatoms. The van der Waals surface area contributed by atoms with Crippen LogP contribution in [0.5, 0.6) is 0 Å². The maximum absolute atomic E-state index is 4.27. The highest BCUT2D eigenvalue weighted by molar-refractivity contribution is 5.26. The maximum Gasteiger partial charge on any atom is 0.0521 e. The summed E-state index contributed by atoms with van der Waals surface area (Å²) in [4.78, 5) is 0. The average Bonchev–Trinajstić information content (AvgIpc) is 2.84. The molecule has 3 nitrogen and oxygen atoms in total. The Morgan fingerprint density at radius 1 is 1.25 bits per heavy atom. The molecule has 2 aromatic rings. The Kier molecular flexibility index (Phi) is 5.36. The molecule has 1 atom stereocenters. The van der Waals surface area contributed by atoms with Crippen LogP contribution in [0.25, 0.3) is 0 Å². The lowest BCUT2D eigenvalue weighted by molar-refractivity contribution is 0.576.